The summed E-state index contributed by atoms with van der Waals surface area (Å²) < 4.78 is 17.2. The molecule has 0 spiro atoms. The van der Waals surface area contributed by atoms with E-state index in [4.69, 9.17) is 0 Å². The van der Waals surface area contributed by atoms with Crippen LogP contribution in [-0.4, -0.2) is 4.21 Å². The average molecular weight is 255 g/mol. The predicted molar refractivity (Wildman–Crippen MR) is 75.2 cm³/mol. The number of hydrogen-bond donors (Lipinski definition) is 0. The Balaban J connectivity index is 2.19. The molecule has 1 aliphatic heterocycles. The van der Waals surface area contributed by atoms with Crippen LogP contribution >= 0.6 is 0 Å². The van der Waals surface area contributed by atoms with Gasteiger partial charge >= 0.3 is 0 Å². The average Bonchev–Trinajstić information content (AvgIpc) is 2.39. The Morgan fingerprint density at radius 2 is 1.72 bits per heavy atom. The molecule has 0 bridgehead atoms. The van der Waals surface area contributed by atoms with Crippen LogP contribution in [0.25, 0.3) is 6.08 Å². The molecule has 18 heavy (non-hydrogen) atoms. The zero-order valence-corrected chi connectivity index (χ0v) is 10.9. The van der Waals surface area contributed by atoms with Crippen LogP contribution in [0.5, 0.6) is 0 Å². The summed E-state index contributed by atoms with van der Waals surface area (Å²) in [5.41, 5.74) is 2.97. The van der Waals surface area contributed by atoms with Gasteiger partial charge < -0.3 is 0 Å². The highest BCUT2D eigenvalue weighted by atomic mass is 32.2. The van der Waals surface area contributed by atoms with Gasteiger partial charge in [-0.2, -0.15) is 4.36 Å². The lowest BCUT2D eigenvalue weighted by Crippen LogP contribution is -1.99. The summed E-state index contributed by atoms with van der Waals surface area (Å²) in [4.78, 5) is 0.763. The van der Waals surface area contributed by atoms with Crippen molar-refractivity contribution in [3.05, 3.63) is 65.1 Å². The Labute approximate surface area is 107 Å². The maximum absolute atomic E-state index is 12.8. The summed E-state index contributed by atoms with van der Waals surface area (Å²) in [6, 6.07) is 15.4. The highest BCUT2D eigenvalue weighted by Crippen LogP contribution is 2.30. The molecule has 0 aromatic heterocycles. The molecule has 0 unspecified atom stereocenters. The first-order valence-electron chi connectivity index (χ1n) is 5.78. The van der Waals surface area contributed by atoms with Crippen LogP contribution in [0.15, 0.2) is 63.2 Å². The number of nitrogens with zero attached hydrogens (tertiary/aromatic N) is 1. The monoisotopic (exact) mass is 255 g/mol. The molecule has 0 fully saturated rings. The van der Waals surface area contributed by atoms with E-state index in [1.807, 2.05) is 61.5 Å². The summed E-state index contributed by atoms with van der Waals surface area (Å²) >= 11 is 0. The van der Waals surface area contributed by atoms with Crippen molar-refractivity contribution in [3.8, 4) is 0 Å². The lowest BCUT2D eigenvalue weighted by molar-refractivity contribution is 0.682. The van der Waals surface area contributed by atoms with Gasteiger partial charge in [-0.25, -0.2) is 4.21 Å². The maximum Gasteiger partial charge on any atom is 0.102 e. The second kappa shape index (κ2) is 4.10. The SMILES string of the molecule is Cc1ccc([S@@]2(=O)=Nc3ccccc3C=C2)cc1. The maximum atomic E-state index is 12.8. The van der Waals surface area contributed by atoms with Crippen molar-refractivity contribution in [2.45, 2.75) is 11.8 Å². The van der Waals surface area contributed by atoms with Crippen molar-refractivity contribution in [1.82, 2.24) is 0 Å². The zero-order chi connectivity index (χ0) is 12.6. The molecule has 2 aromatic carbocycles. The largest absolute Gasteiger partial charge is 0.240 e. The van der Waals surface area contributed by atoms with E-state index >= 15 is 0 Å². The fourth-order valence-electron chi connectivity index (χ4n) is 1.92. The van der Waals surface area contributed by atoms with Crippen molar-refractivity contribution in [3.63, 3.8) is 0 Å². The highest BCUT2D eigenvalue weighted by molar-refractivity contribution is 7.96. The molecule has 90 valence electrons. The summed E-state index contributed by atoms with van der Waals surface area (Å²) in [6.45, 7) is 2.01. The van der Waals surface area contributed by atoms with E-state index in [2.05, 4.69) is 4.36 Å². The molecule has 1 aliphatic rings. The van der Waals surface area contributed by atoms with Crippen LogP contribution in [0, 0.1) is 6.92 Å². The van der Waals surface area contributed by atoms with Crippen molar-refractivity contribution in [2.75, 3.05) is 0 Å². The minimum absolute atomic E-state index is 0.763. The molecule has 0 saturated heterocycles. The Morgan fingerprint density at radius 3 is 2.50 bits per heavy atom. The minimum Gasteiger partial charge on any atom is -0.240 e. The first-order chi connectivity index (χ1) is 8.67. The molecular weight excluding hydrogens is 242 g/mol. The summed E-state index contributed by atoms with van der Waals surface area (Å²) in [5.74, 6) is 0. The molecular formula is C15H13NOS. The Bertz CT molecular complexity index is 735. The Hall–Kier alpha value is -1.87. The van der Waals surface area contributed by atoms with E-state index in [1.165, 1.54) is 0 Å². The van der Waals surface area contributed by atoms with E-state index in [1.54, 1.807) is 5.41 Å². The third-order valence-corrected chi connectivity index (χ3v) is 4.88. The molecule has 0 saturated carbocycles. The van der Waals surface area contributed by atoms with Gasteiger partial charge in [0, 0.05) is 11.0 Å². The molecule has 0 aliphatic carbocycles. The molecule has 1 atom stereocenters. The molecule has 2 aromatic rings. The lowest BCUT2D eigenvalue weighted by atomic mass is 10.2. The van der Waals surface area contributed by atoms with Gasteiger partial charge in [0.2, 0.25) is 0 Å². The van der Waals surface area contributed by atoms with E-state index in [0.717, 1.165) is 21.7 Å². The van der Waals surface area contributed by atoms with E-state index in [9.17, 15) is 4.21 Å². The van der Waals surface area contributed by atoms with Gasteiger partial charge in [0.15, 0.2) is 0 Å². The topological polar surface area (TPSA) is 29.4 Å². The normalized spacial score (nSPS) is 21.2. The van der Waals surface area contributed by atoms with Gasteiger partial charge in [-0.3, -0.25) is 0 Å². The molecule has 2 nitrogen and oxygen atoms in total. The first kappa shape index (κ1) is 11.2. The highest BCUT2D eigenvalue weighted by Gasteiger charge is 2.14. The smallest absolute Gasteiger partial charge is 0.102 e. The van der Waals surface area contributed by atoms with Crippen LogP contribution < -0.4 is 0 Å². The van der Waals surface area contributed by atoms with Gasteiger partial charge in [0.25, 0.3) is 0 Å². The number of aryl methyl sites for hydroxylation is 1. The standard InChI is InChI=1S/C15H13NOS/c1-12-6-8-14(9-7-12)18(17)11-10-13-4-2-3-5-15(13)16-18/h2-11H,1H3/t18-/m1/s1. The van der Waals surface area contributed by atoms with Gasteiger partial charge in [-0.1, -0.05) is 35.9 Å². The molecule has 1 heterocycles. The summed E-state index contributed by atoms with van der Waals surface area (Å²) in [5, 5.41) is 1.71. The zero-order valence-electron chi connectivity index (χ0n) is 10.0. The predicted octanol–water partition coefficient (Wildman–Crippen LogP) is 4.14. The molecule has 0 radical (unpaired) electrons. The molecule has 0 N–H and O–H groups in total. The third-order valence-electron chi connectivity index (χ3n) is 2.96. The van der Waals surface area contributed by atoms with Crippen molar-refractivity contribution in [1.29, 1.82) is 0 Å². The lowest BCUT2D eigenvalue weighted by Gasteiger charge is -2.12. The second-order valence-corrected chi connectivity index (χ2v) is 6.40. The van der Waals surface area contributed by atoms with Gasteiger partial charge in [0.1, 0.15) is 9.73 Å². The fraction of sp³-hybridized carbons (Fsp3) is 0.0667. The van der Waals surface area contributed by atoms with Crippen LogP contribution in [0.4, 0.5) is 5.69 Å². The van der Waals surface area contributed by atoms with Crippen molar-refractivity contribution < 1.29 is 4.21 Å². The Kier molecular flexibility index (Phi) is 2.56. The van der Waals surface area contributed by atoms with Crippen LogP contribution in [0.2, 0.25) is 0 Å². The molecule has 3 rings (SSSR count). The van der Waals surface area contributed by atoms with Gasteiger partial charge in [-0.15, -0.1) is 0 Å². The second-order valence-electron chi connectivity index (χ2n) is 4.33. The summed E-state index contributed by atoms with van der Waals surface area (Å²) in [7, 11) is -2.45. The number of benzene rings is 2. The van der Waals surface area contributed by atoms with Gasteiger partial charge in [-0.05, 0) is 31.2 Å². The summed E-state index contributed by atoms with van der Waals surface area (Å²) in [6.07, 6.45) is 1.89. The minimum atomic E-state index is -2.45. The van der Waals surface area contributed by atoms with Crippen LogP contribution in [0.3, 0.4) is 0 Å². The van der Waals surface area contributed by atoms with Crippen LogP contribution in [0.1, 0.15) is 11.1 Å². The van der Waals surface area contributed by atoms with E-state index in [-0.39, 0.29) is 0 Å². The van der Waals surface area contributed by atoms with E-state index in [0.29, 0.717) is 0 Å². The molecule has 3 heteroatoms. The van der Waals surface area contributed by atoms with Gasteiger partial charge in [0.05, 0.1) is 10.6 Å². The third kappa shape index (κ3) is 1.87. The van der Waals surface area contributed by atoms with Crippen molar-refractivity contribution >= 4 is 21.5 Å². The number of fused-ring (bicyclic) bond motifs is 1. The quantitative estimate of drug-likeness (QED) is 0.753. The molecule has 0 amide bonds. The number of rotatable bonds is 1. The van der Waals surface area contributed by atoms with Crippen molar-refractivity contribution in [2.24, 2.45) is 4.36 Å². The van der Waals surface area contributed by atoms with Crippen LogP contribution in [-0.2, 0) is 9.73 Å². The van der Waals surface area contributed by atoms with E-state index < -0.39 is 9.73 Å². The Morgan fingerprint density at radius 1 is 1.00 bits per heavy atom. The fourth-order valence-corrected chi connectivity index (χ4v) is 3.56. The first-order valence-corrected chi connectivity index (χ1v) is 7.36. The number of hydrogen-bond acceptors (Lipinski definition) is 2.